The van der Waals surface area contributed by atoms with E-state index in [1.807, 2.05) is 0 Å². The van der Waals surface area contributed by atoms with Gasteiger partial charge in [0.1, 0.15) is 0 Å². The second-order valence-corrected chi connectivity index (χ2v) is 6.51. The standard InChI is InChI=1S/C15H20O4/c1-9(2)13(16)18-8-19-14(17)15-5-10-3-11(6-15)12(4-10)7-15/h10-12H,1,3-8H2,2H3. The molecule has 0 amide bonds. The molecule has 0 saturated heterocycles. The SMILES string of the molecule is C=C(C)C(=O)OCOC(=O)C12CC3CC(C1)C(C3)C2. The van der Waals surface area contributed by atoms with Crippen LogP contribution in [0.4, 0.5) is 0 Å². The number of hydrogen-bond donors (Lipinski definition) is 0. The molecule has 0 spiro atoms. The van der Waals surface area contributed by atoms with Crippen molar-refractivity contribution < 1.29 is 19.1 Å². The van der Waals surface area contributed by atoms with Crippen LogP contribution in [0, 0.1) is 23.2 Å². The zero-order valence-electron chi connectivity index (χ0n) is 11.3. The highest BCUT2D eigenvalue weighted by molar-refractivity contribution is 5.87. The van der Waals surface area contributed by atoms with Crippen molar-refractivity contribution in [2.45, 2.75) is 39.0 Å². The summed E-state index contributed by atoms with van der Waals surface area (Å²) in [7, 11) is 0. The Kier molecular flexibility index (Phi) is 2.91. The summed E-state index contributed by atoms with van der Waals surface area (Å²) >= 11 is 0. The van der Waals surface area contributed by atoms with E-state index in [-0.39, 0.29) is 18.2 Å². The van der Waals surface area contributed by atoms with Gasteiger partial charge in [-0.25, -0.2) is 4.79 Å². The molecule has 0 aromatic heterocycles. The first kappa shape index (κ1) is 12.7. The Hall–Kier alpha value is -1.32. The first-order chi connectivity index (χ1) is 9.00. The van der Waals surface area contributed by atoms with Gasteiger partial charge in [0, 0.05) is 5.57 Å². The summed E-state index contributed by atoms with van der Waals surface area (Å²) in [6.07, 6.45) is 5.50. The maximum absolute atomic E-state index is 12.3. The Morgan fingerprint density at radius 1 is 1.16 bits per heavy atom. The molecule has 19 heavy (non-hydrogen) atoms. The van der Waals surface area contributed by atoms with Gasteiger partial charge < -0.3 is 9.47 Å². The molecule has 4 bridgehead atoms. The van der Waals surface area contributed by atoms with Crippen LogP contribution in [-0.4, -0.2) is 18.7 Å². The lowest BCUT2D eigenvalue weighted by Crippen LogP contribution is -2.37. The lowest BCUT2D eigenvalue weighted by atomic mass is 9.69. The number of rotatable bonds is 4. The Bertz CT molecular complexity index is 420. The number of carbonyl (C=O) groups is 2. The molecular weight excluding hydrogens is 244 g/mol. The van der Waals surface area contributed by atoms with Crippen molar-refractivity contribution in [3.63, 3.8) is 0 Å². The minimum Gasteiger partial charge on any atom is -0.427 e. The summed E-state index contributed by atoms with van der Waals surface area (Å²) in [6.45, 7) is 4.76. The van der Waals surface area contributed by atoms with Crippen molar-refractivity contribution in [3.8, 4) is 0 Å². The first-order valence-electron chi connectivity index (χ1n) is 7.00. The van der Waals surface area contributed by atoms with Gasteiger partial charge in [-0.15, -0.1) is 0 Å². The Balaban J connectivity index is 1.54. The van der Waals surface area contributed by atoms with E-state index >= 15 is 0 Å². The fourth-order valence-corrected chi connectivity index (χ4v) is 4.47. The highest BCUT2D eigenvalue weighted by Crippen LogP contribution is 2.64. The Morgan fingerprint density at radius 3 is 2.32 bits per heavy atom. The average Bonchev–Trinajstić information content (AvgIpc) is 2.77. The molecule has 4 heteroatoms. The van der Waals surface area contributed by atoms with Gasteiger partial charge in [-0.1, -0.05) is 6.58 Å². The van der Waals surface area contributed by atoms with Crippen LogP contribution >= 0.6 is 0 Å². The zero-order chi connectivity index (χ0) is 13.6. The summed E-state index contributed by atoms with van der Waals surface area (Å²) in [5, 5.41) is 0. The monoisotopic (exact) mass is 264 g/mol. The molecule has 0 aliphatic heterocycles. The van der Waals surface area contributed by atoms with E-state index in [9.17, 15) is 9.59 Å². The van der Waals surface area contributed by atoms with E-state index in [0.717, 1.165) is 31.1 Å². The fourth-order valence-electron chi connectivity index (χ4n) is 4.47. The molecule has 4 saturated carbocycles. The van der Waals surface area contributed by atoms with Gasteiger partial charge in [-0.05, 0) is 56.8 Å². The molecule has 0 heterocycles. The smallest absolute Gasteiger partial charge is 0.335 e. The van der Waals surface area contributed by atoms with E-state index in [0.29, 0.717) is 11.5 Å². The molecule has 4 fully saturated rings. The minimum absolute atomic E-state index is 0.168. The zero-order valence-corrected chi connectivity index (χ0v) is 11.3. The number of hydrogen-bond acceptors (Lipinski definition) is 4. The van der Waals surface area contributed by atoms with E-state index in [1.54, 1.807) is 6.92 Å². The first-order valence-corrected chi connectivity index (χ1v) is 7.00. The lowest BCUT2D eigenvalue weighted by Gasteiger charge is -2.35. The van der Waals surface area contributed by atoms with E-state index in [4.69, 9.17) is 9.47 Å². The largest absolute Gasteiger partial charge is 0.427 e. The number of carbonyl (C=O) groups excluding carboxylic acids is 2. The molecular formula is C15H20O4. The summed E-state index contributed by atoms with van der Waals surface area (Å²) in [6, 6.07) is 0. The molecule has 4 nitrogen and oxygen atoms in total. The predicted octanol–water partition coefficient (Wildman–Crippen LogP) is 2.43. The fraction of sp³-hybridized carbons (Fsp3) is 0.733. The van der Waals surface area contributed by atoms with Crippen molar-refractivity contribution in [2.24, 2.45) is 23.2 Å². The second-order valence-electron chi connectivity index (χ2n) is 6.51. The molecule has 104 valence electrons. The van der Waals surface area contributed by atoms with E-state index in [2.05, 4.69) is 6.58 Å². The van der Waals surface area contributed by atoms with Gasteiger partial charge in [-0.3, -0.25) is 4.79 Å². The van der Waals surface area contributed by atoms with Crippen LogP contribution in [0.1, 0.15) is 39.0 Å². The number of ether oxygens (including phenoxy) is 2. The van der Waals surface area contributed by atoms with Crippen LogP contribution in [0.3, 0.4) is 0 Å². The topological polar surface area (TPSA) is 52.6 Å². The molecule has 4 rings (SSSR count). The molecule has 0 N–H and O–H groups in total. The summed E-state index contributed by atoms with van der Waals surface area (Å²) in [5.41, 5.74) is 0.0422. The van der Waals surface area contributed by atoms with Gasteiger partial charge in [0.25, 0.3) is 0 Å². The van der Waals surface area contributed by atoms with Crippen LogP contribution in [0.25, 0.3) is 0 Å². The quantitative estimate of drug-likeness (QED) is 0.444. The predicted molar refractivity (Wildman–Crippen MR) is 67.9 cm³/mol. The third kappa shape index (κ3) is 2.07. The van der Waals surface area contributed by atoms with Crippen molar-refractivity contribution in [1.29, 1.82) is 0 Å². The molecule has 4 aliphatic carbocycles. The lowest BCUT2D eigenvalue weighted by molar-refractivity contribution is -0.175. The van der Waals surface area contributed by atoms with Gasteiger partial charge in [0.05, 0.1) is 5.41 Å². The van der Waals surface area contributed by atoms with Crippen LogP contribution < -0.4 is 0 Å². The van der Waals surface area contributed by atoms with Crippen LogP contribution in [-0.2, 0) is 19.1 Å². The van der Waals surface area contributed by atoms with E-state index < -0.39 is 5.97 Å². The van der Waals surface area contributed by atoms with Gasteiger partial charge in [0.15, 0.2) is 0 Å². The van der Waals surface area contributed by atoms with Gasteiger partial charge in [-0.2, -0.15) is 0 Å². The van der Waals surface area contributed by atoms with Crippen molar-refractivity contribution in [1.82, 2.24) is 0 Å². The molecule has 2 atom stereocenters. The second kappa shape index (κ2) is 4.36. The summed E-state index contributed by atoms with van der Waals surface area (Å²) in [5.74, 6) is 1.48. The minimum atomic E-state index is -0.513. The maximum Gasteiger partial charge on any atom is 0.335 e. The summed E-state index contributed by atoms with van der Waals surface area (Å²) in [4.78, 5) is 23.5. The molecule has 4 aliphatic rings. The molecule has 0 aromatic carbocycles. The van der Waals surface area contributed by atoms with Crippen molar-refractivity contribution in [3.05, 3.63) is 12.2 Å². The summed E-state index contributed by atoms with van der Waals surface area (Å²) < 4.78 is 9.99. The van der Waals surface area contributed by atoms with Crippen molar-refractivity contribution >= 4 is 11.9 Å². The highest BCUT2D eigenvalue weighted by Gasteiger charge is 2.59. The van der Waals surface area contributed by atoms with Crippen LogP contribution in [0.5, 0.6) is 0 Å². The molecule has 0 aromatic rings. The third-order valence-corrected chi connectivity index (χ3v) is 5.09. The maximum atomic E-state index is 12.3. The van der Waals surface area contributed by atoms with Gasteiger partial charge >= 0.3 is 11.9 Å². The molecule has 0 radical (unpaired) electrons. The molecule has 2 unspecified atom stereocenters. The van der Waals surface area contributed by atoms with E-state index in [1.165, 1.54) is 12.8 Å². The average molecular weight is 264 g/mol. The van der Waals surface area contributed by atoms with Crippen LogP contribution in [0.15, 0.2) is 12.2 Å². The highest BCUT2D eigenvalue weighted by atomic mass is 16.7. The third-order valence-electron chi connectivity index (χ3n) is 5.09. The van der Waals surface area contributed by atoms with Crippen molar-refractivity contribution in [2.75, 3.05) is 6.79 Å². The number of esters is 2. The Labute approximate surface area is 113 Å². The van der Waals surface area contributed by atoms with Crippen LogP contribution in [0.2, 0.25) is 0 Å². The normalized spacial score (nSPS) is 38.3. The Morgan fingerprint density at radius 2 is 1.79 bits per heavy atom. The van der Waals surface area contributed by atoms with Gasteiger partial charge in [0.2, 0.25) is 6.79 Å².